The number of pyridine rings is 1. The Labute approximate surface area is 140 Å². The van der Waals surface area contributed by atoms with E-state index >= 15 is 0 Å². The molecule has 2 aromatic rings. The zero-order chi connectivity index (χ0) is 17.4. The molecular formula is C18H20N2O4. The lowest BCUT2D eigenvalue weighted by molar-refractivity contribution is 0.0634. The molecule has 0 aliphatic carbocycles. The molecular weight excluding hydrogens is 308 g/mol. The lowest BCUT2D eigenvalue weighted by Gasteiger charge is -2.13. The topological polar surface area (TPSA) is 88.5 Å². The van der Waals surface area contributed by atoms with Crippen LogP contribution in [0.5, 0.6) is 0 Å². The largest absolute Gasteiger partial charge is 0.478 e. The SMILES string of the molecule is CC(OCCCNC(=O)c1cc(C(=O)O)ccn1)c1ccccc1. The molecule has 1 atom stereocenters. The molecule has 1 aromatic heterocycles. The van der Waals surface area contributed by atoms with E-state index < -0.39 is 11.9 Å². The van der Waals surface area contributed by atoms with Gasteiger partial charge in [-0.25, -0.2) is 4.79 Å². The molecule has 6 nitrogen and oxygen atoms in total. The van der Waals surface area contributed by atoms with Crippen molar-refractivity contribution in [1.29, 1.82) is 0 Å². The van der Waals surface area contributed by atoms with E-state index in [0.29, 0.717) is 19.6 Å². The highest BCUT2D eigenvalue weighted by Gasteiger charge is 2.10. The number of nitrogens with one attached hydrogen (secondary N) is 1. The second kappa shape index (κ2) is 8.79. The van der Waals surface area contributed by atoms with Gasteiger partial charge in [-0.15, -0.1) is 0 Å². The Bertz CT molecular complexity index is 688. The van der Waals surface area contributed by atoms with Crippen LogP contribution >= 0.6 is 0 Å². The van der Waals surface area contributed by atoms with Gasteiger partial charge in [0.15, 0.2) is 0 Å². The Kier molecular flexibility index (Phi) is 6.45. The molecule has 1 unspecified atom stereocenters. The van der Waals surface area contributed by atoms with Gasteiger partial charge >= 0.3 is 5.97 Å². The summed E-state index contributed by atoms with van der Waals surface area (Å²) in [6.45, 7) is 2.92. The van der Waals surface area contributed by atoms with E-state index in [0.717, 1.165) is 5.56 Å². The first-order valence-electron chi connectivity index (χ1n) is 7.72. The summed E-state index contributed by atoms with van der Waals surface area (Å²) >= 11 is 0. The summed E-state index contributed by atoms with van der Waals surface area (Å²) in [5.74, 6) is -1.48. The molecule has 0 radical (unpaired) electrons. The first-order chi connectivity index (χ1) is 11.6. The van der Waals surface area contributed by atoms with E-state index in [1.54, 1.807) is 0 Å². The molecule has 0 fully saturated rings. The number of hydrogen-bond donors (Lipinski definition) is 2. The molecule has 2 rings (SSSR count). The van der Waals surface area contributed by atoms with Crippen molar-refractivity contribution in [3.8, 4) is 0 Å². The van der Waals surface area contributed by atoms with Gasteiger partial charge in [0.1, 0.15) is 5.69 Å². The molecule has 6 heteroatoms. The van der Waals surface area contributed by atoms with Crippen molar-refractivity contribution in [2.45, 2.75) is 19.4 Å². The highest BCUT2D eigenvalue weighted by molar-refractivity contribution is 5.95. The number of hydrogen-bond acceptors (Lipinski definition) is 4. The summed E-state index contributed by atoms with van der Waals surface area (Å²) in [5, 5.41) is 11.6. The predicted octanol–water partition coefficient (Wildman–Crippen LogP) is 2.68. The number of carboxylic acid groups (broad SMARTS) is 1. The number of nitrogens with zero attached hydrogens (tertiary/aromatic N) is 1. The first-order valence-corrected chi connectivity index (χ1v) is 7.72. The number of ether oxygens (including phenoxy) is 1. The molecule has 0 aliphatic heterocycles. The number of carbonyl (C=O) groups excluding carboxylic acids is 1. The summed E-state index contributed by atoms with van der Waals surface area (Å²) < 4.78 is 5.72. The molecule has 0 bridgehead atoms. The third-order valence-corrected chi connectivity index (χ3v) is 3.48. The maximum Gasteiger partial charge on any atom is 0.335 e. The summed E-state index contributed by atoms with van der Waals surface area (Å²) in [6, 6.07) is 12.5. The molecule has 24 heavy (non-hydrogen) atoms. The molecule has 0 aliphatic rings. The normalized spacial score (nSPS) is 11.7. The van der Waals surface area contributed by atoms with Gasteiger partial charge in [0.25, 0.3) is 5.91 Å². The van der Waals surface area contributed by atoms with Gasteiger partial charge in [-0.1, -0.05) is 30.3 Å². The zero-order valence-corrected chi connectivity index (χ0v) is 13.4. The van der Waals surface area contributed by atoms with E-state index in [-0.39, 0.29) is 17.4 Å². The fourth-order valence-corrected chi connectivity index (χ4v) is 2.13. The van der Waals surface area contributed by atoms with Crippen LogP contribution in [0.15, 0.2) is 48.7 Å². The van der Waals surface area contributed by atoms with Crippen LogP contribution in [0.25, 0.3) is 0 Å². The highest BCUT2D eigenvalue weighted by atomic mass is 16.5. The number of carboxylic acids is 1. The number of rotatable bonds is 8. The van der Waals surface area contributed by atoms with Crippen LogP contribution in [-0.4, -0.2) is 35.1 Å². The van der Waals surface area contributed by atoms with E-state index in [2.05, 4.69) is 10.3 Å². The fraction of sp³-hybridized carbons (Fsp3) is 0.278. The van der Waals surface area contributed by atoms with E-state index in [9.17, 15) is 9.59 Å². The third kappa shape index (κ3) is 5.17. The van der Waals surface area contributed by atoms with E-state index in [1.807, 2.05) is 37.3 Å². The minimum atomic E-state index is -1.09. The Hall–Kier alpha value is -2.73. The molecule has 0 saturated carbocycles. The van der Waals surface area contributed by atoms with Crippen molar-refractivity contribution in [1.82, 2.24) is 10.3 Å². The van der Waals surface area contributed by atoms with Gasteiger partial charge in [-0.3, -0.25) is 9.78 Å². The van der Waals surface area contributed by atoms with Crippen LogP contribution in [0.2, 0.25) is 0 Å². The Morgan fingerprint density at radius 2 is 2.00 bits per heavy atom. The van der Waals surface area contributed by atoms with E-state index in [1.165, 1.54) is 18.3 Å². The van der Waals surface area contributed by atoms with Crippen molar-refractivity contribution < 1.29 is 19.4 Å². The summed E-state index contributed by atoms with van der Waals surface area (Å²) in [7, 11) is 0. The standard InChI is InChI=1S/C18H20N2O4/c1-13(14-6-3-2-4-7-14)24-11-5-9-20-17(21)16-12-15(18(22)23)8-10-19-16/h2-4,6-8,10,12-13H,5,9,11H2,1H3,(H,20,21)(H,22,23). The van der Waals surface area contributed by atoms with Crippen molar-refractivity contribution in [3.05, 3.63) is 65.5 Å². The maximum absolute atomic E-state index is 11.9. The van der Waals surface area contributed by atoms with Crippen LogP contribution in [0.1, 0.15) is 45.9 Å². The molecule has 0 saturated heterocycles. The van der Waals surface area contributed by atoms with Crippen LogP contribution in [-0.2, 0) is 4.74 Å². The second-order valence-corrected chi connectivity index (χ2v) is 5.27. The molecule has 0 spiro atoms. The summed E-state index contributed by atoms with van der Waals surface area (Å²) in [5.41, 5.74) is 1.24. The molecule has 1 amide bonds. The van der Waals surface area contributed by atoms with Gasteiger partial charge in [-0.05, 0) is 31.0 Å². The number of carbonyl (C=O) groups is 2. The van der Waals surface area contributed by atoms with Crippen LogP contribution in [0.3, 0.4) is 0 Å². The highest BCUT2D eigenvalue weighted by Crippen LogP contribution is 2.15. The van der Waals surface area contributed by atoms with Crippen molar-refractivity contribution in [2.24, 2.45) is 0 Å². The van der Waals surface area contributed by atoms with Crippen molar-refractivity contribution in [3.63, 3.8) is 0 Å². The predicted molar refractivity (Wildman–Crippen MR) is 89.0 cm³/mol. The van der Waals surface area contributed by atoms with Gasteiger partial charge in [-0.2, -0.15) is 0 Å². The second-order valence-electron chi connectivity index (χ2n) is 5.27. The van der Waals surface area contributed by atoms with Crippen molar-refractivity contribution in [2.75, 3.05) is 13.2 Å². The van der Waals surface area contributed by atoms with Gasteiger partial charge in [0, 0.05) is 19.3 Å². The Balaban J connectivity index is 1.71. The van der Waals surface area contributed by atoms with Crippen LogP contribution < -0.4 is 5.32 Å². The van der Waals surface area contributed by atoms with Crippen LogP contribution in [0, 0.1) is 0 Å². The zero-order valence-electron chi connectivity index (χ0n) is 13.4. The number of aromatic nitrogens is 1. The minimum Gasteiger partial charge on any atom is -0.478 e. The lowest BCUT2D eigenvalue weighted by Crippen LogP contribution is -2.26. The fourth-order valence-electron chi connectivity index (χ4n) is 2.13. The van der Waals surface area contributed by atoms with Gasteiger partial charge in [0.05, 0.1) is 11.7 Å². The summed E-state index contributed by atoms with van der Waals surface area (Å²) in [4.78, 5) is 26.7. The minimum absolute atomic E-state index is 0.00387. The lowest BCUT2D eigenvalue weighted by atomic mass is 10.1. The third-order valence-electron chi connectivity index (χ3n) is 3.48. The molecule has 126 valence electrons. The van der Waals surface area contributed by atoms with Gasteiger partial charge in [0.2, 0.25) is 0 Å². The maximum atomic E-state index is 11.9. The molecule has 1 aromatic carbocycles. The van der Waals surface area contributed by atoms with E-state index in [4.69, 9.17) is 9.84 Å². The molecule has 2 N–H and O–H groups in total. The summed E-state index contributed by atoms with van der Waals surface area (Å²) in [6.07, 6.45) is 1.96. The van der Waals surface area contributed by atoms with Crippen molar-refractivity contribution >= 4 is 11.9 Å². The first kappa shape index (κ1) is 17.6. The van der Waals surface area contributed by atoms with Crippen LogP contribution in [0.4, 0.5) is 0 Å². The number of aromatic carboxylic acids is 1. The number of amides is 1. The Morgan fingerprint density at radius 3 is 2.71 bits per heavy atom. The monoisotopic (exact) mass is 328 g/mol. The Morgan fingerprint density at radius 1 is 1.25 bits per heavy atom. The average molecular weight is 328 g/mol. The number of benzene rings is 1. The quantitative estimate of drug-likeness (QED) is 0.727. The molecule has 1 heterocycles. The smallest absolute Gasteiger partial charge is 0.335 e. The average Bonchev–Trinajstić information content (AvgIpc) is 2.62. The van der Waals surface area contributed by atoms with Gasteiger partial charge < -0.3 is 15.2 Å².